The van der Waals surface area contributed by atoms with Crippen LogP contribution in [0, 0.1) is 0 Å². The van der Waals surface area contributed by atoms with Gasteiger partial charge in [-0.15, -0.1) is 0 Å². The third kappa shape index (κ3) is 3.29. The SMILES string of the molecule is O=C1CCCC1(C[Se]Cc1ccccc1)c1ccc2ccccc2c1. The number of hydrogen-bond acceptors (Lipinski definition) is 1. The zero-order chi connectivity index (χ0) is 17.1. The molecule has 1 saturated carbocycles. The van der Waals surface area contributed by atoms with Crippen LogP contribution in [0.2, 0.25) is 5.32 Å². The van der Waals surface area contributed by atoms with Gasteiger partial charge in [-0.05, 0) is 0 Å². The molecule has 1 atom stereocenters. The van der Waals surface area contributed by atoms with Crippen LogP contribution in [0.3, 0.4) is 0 Å². The number of rotatable bonds is 5. The van der Waals surface area contributed by atoms with Crippen LogP contribution < -0.4 is 0 Å². The number of carbonyl (C=O) groups excluding carboxylic acids is 1. The van der Waals surface area contributed by atoms with Gasteiger partial charge in [-0.2, -0.15) is 0 Å². The van der Waals surface area contributed by atoms with Crippen LogP contribution >= 0.6 is 0 Å². The molecule has 0 aliphatic heterocycles. The molecule has 0 aromatic heterocycles. The molecule has 0 radical (unpaired) electrons. The summed E-state index contributed by atoms with van der Waals surface area (Å²) in [5, 5.41) is 4.62. The van der Waals surface area contributed by atoms with Gasteiger partial charge in [0, 0.05) is 0 Å². The number of carbonyl (C=O) groups is 1. The summed E-state index contributed by atoms with van der Waals surface area (Å²) in [5.74, 6) is 0.456. The van der Waals surface area contributed by atoms with E-state index in [0.29, 0.717) is 20.7 Å². The van der Waals surface area contributed by atoms with Crippen LogP contribution in [0.25, 0.3) is 10.8 Å². The van der Waals surface area contributed by atoms with Crippen molar-refractivity contribution in [2.24, 2.45) is 0 Å². The van der Waals surface area contributed by atoms with Crippen molar-refractivity contribution in [3.8, 4) is 0 Å². The van der Waals surface area contributed by atoms with E-state index in [1.165, 1.54) is 21.9 Å². The third-order valence-electron chi connectivity index (χ3n) is 5.30. The topological polar surface area (TPSA) is 17.1 Å². The Balaban J connectivity index is 1.61. The number of Topliss-reactive ketones (excluding diaryl/α,β-unsaturated/α-hetero) is 1. The van der Waals surface area contributed by atoms with E-state index in [2.05, 4.69) is 72.8 Å². The molecule has 3 aromatic carbocycles. The van der Waals surface area contributed by atoms with Crippen molar-refractivity contribution < 1.29 is 4.79 Å². The van der Waals surface area contributed by atoms with Crippen molar-refractivity contribution in [1.29, 1.82) is 0 Å². The van der Waals surface area contributed by atoms with Crippen LogP contribution in [0.1, 0.15) is 30.4 Å². The summed E-state index contributed by atoms with van der Waals surface area (Å²) in [5.41, 5.74) is 2.39. The minimum absolute atomic E-state index is 0.237. The molecule has 3 aromatic rings. The summed E-state index contributed by atoms with van der Waals surface area (Å²) >= 11 is 0.437. The Morgan fingerprint density at radius 2 is 1.64 bits per heavy atom. The van der Waals surface area contributed by atoms with Gasteiger partial charge in [-0.1, -0.05) is 0 Å². The average Bonchev–Trinajstić information content (AvgIpc) is 3.04. The molecule has 4 rings (SSSR count). The zero-order valence-corrected chi connectivity index (χ0v) is 16.0. The predicted molar refractivity (Wildman–Crippen MR) is 105 cm³/mol. The van der Waals surface area contributed by atoms with E-state index in [1.807, 2.05) is 0 Å². The molecule has 0 heterocycles. The monoisotopic (exact) mass is 394 g/mol. The normalized spacial score (nSPS) is 20.2. The van der Waals surface area contributed by atoms with E-state index in [4.69, 9.17) is 0 Å². The van der Waals surface area contributed by atoms with Crippen LogP contribution in [-0.4, -0.2) is 20.7 Å². The van der Waals surface area contributed by atoms with E-state index in [9.17, 15) is 4.79 Å². The molecule has 1 aliphatic rings. The van der Waals surface area contributed by atoms with Crippen LogP contribution in [-0.2, 0) is 15.5 Å². The summed E-state index contributed by atoms with van der Waals surface area (Å²) in [6, 6.07) is 25.7. The molecule has 0 spiro atoms. The van der Waals surface area contributed by atoms with Gasteiger partial charge >= 0.3 is 156 Å². The fraction of sp³-hybridized carbons (Fsp3) is 0.261. The van der Waals surface area contributed by atoms with Crippen molar-refractivity contribution >= 4 is 31.5 Å². The third-order valence-corrected chi connectivity index (χ3v) is 7.89. The second-order valence-electron chi connectivity index (χ2n) is 6.90. The maximum atomic E-state index is 12.9. The molecule has 0 bridgehead atoms. The van der Waals surface area contributed by atoms with E-state index < -0.39 is 0 Å². The van der Waals surface area contributed by atoms with Gasteiger partial charge in [-0.3, -0.25) is 0 Å². The fourth-order valence-corrected chi connectivity index (χ4v) is 6.71. The van der Waals surface area contributed by atoms with Crippen molar-refractivity contribution in [1.82, 2.24) is 0 Å². The second-order valence-corrected chi connectivity index (χ2v) is 8.97. The molecule has 1 nitrogen and oxygen atoms in total. The summed E-state index contributed by atoms with van der Waals surface area (Å²) in [6.45, 7) is 0. The van der Waals surface area contributed by atoms with Gasteiger partial charge in [0.05, 0.1) is 0 Å². The predicted octanol–water partition coefficient (Wildman–Crippen LogP) is 5.15. The van der Waals surface area contributed by atoms with E-state index >= 15 is 0 Å². The van der Waals surface area contributed by atoms with Crippen LogP contribution in [0.15, 0.2) is 72.8 Å². The molecule has 0 N–H and O–H groups in total. The Morgan fingerprint density at radius 3 is 2.40 bits per heavy atom. The molecule has 0 saturated heterocycles. The molecular weight excluding hydrogens is 371 g/mol. The zero-order valence-electron chi connectivity index (χ0n) is 14.3. The Kier molecular flexibility index (Phi) is 4.74. The molecule has 1 fully saturated rings. The number of fused-ring (bicyclic) bond motifs is 1. The van der Waals surface area contributed by atoms with Gasteiger partial charge < -0.3 is 0 Å². The molecule has 126 valence electrons. The summed E-state index contributed by atoms with van der Waals surface area (Å²) < 4.78 is 0. The van der Waals surface area contributed by atoms with Crippen molar-refractivity contribution in [2.45, 2.75) is 35.3 Å². The number of hydrogen-bond donors (Lipinski definition) is 0. The standard InChI is InChI=1S/C23H22OSe/c24-22-11-6-14-23(22,17-25-16-18-7-2-1-3-8-18)21-13-12-19-9-4-5-10-20(19)15-21/h1-5,7-10,12-13,15H,6,11,14,16-17H2. The molecule has 2 heteroatoms. The molecular formula is C23H22OSe. The Morgan fingerprint density at radius 1 is 0.880 bits per heavy atom. The second kappa shape index (κ2) is 7.15. The quantitative estimate of drug-likeness (QED) is 0.548. The minimum atomic E-state index is -0.237. The summed E-state index contributed by atoms with van der Waals surface area (Å²) in [7, 11) is 0. The van der Waals surface area contributed by atoms with Crippen molar-refractivity contribution in [3.05, 3.63) is 83.9 Å². The van der Waals surface area contributed by atoms with Gasteiger partial charge in [0.2, 0.25) is 0 Å². The number of ketones is 1. The fourth-order valence-electron chi connectivity index (χ4n) is 3.88. The maximum absolute atomic E-state index is 12.9. The van der Waals surface area contributed by atoms with Crippen LogP contribution in [0.4, 0.5) is 0 Å². The van der Waals surface area contributed by atoms with E-state index in [-0.39, 0.29) is 5.41 Å². The average molecular weight is 393 g/mol. The first-order valence-corrected chi connectivity index (χ1v) is 11.3. The Bertz CT molecular complexity index is 887. The Hall–Kier alpha value is -1.89. The molecule has 1 unspecified atom stereocenters. The van der Waals surface area contributed by atoms with Crippen LogP contribution in [0.5, 0.6) is 0 Å². The first kappa shape index (κ1) is 16.6. The van der Waals surface area contributed by atoms with Crippen molar-refractivity contribution in [3.63, 3.8) is 0 Å². The van der Waals surface area contributed by atoms with Gasteiger partial charge in [0.25, 0.3) is 0 Å². The summed E-state index contributed by atoms with van der Waals surface area (Å²) in [4.78, 5) is 12.9. The summed E-state index contributed by atoms with van der Waals surface area (Å²) in [6.07, 6.45) is 2.79. The first-order chi connectivity index (χ1) is 12.3. The van der Waals surface area contributed by atoms with Crippen molar-refractivity contribution in [2.75, 3.05) is 0 Å². The van der Waals surface area contributed by atoms with Gasteiger partial charge in [-0.25, -0.2) is 0 Å². The number of benzene rings is 3. The molecule has 25 heavy (non-hydrogen) atoms. The van der Waals surface area contributed by atoms with E-state index in [1.54, 1.807) is 0 Å². The van der Waals surface area contributed by atoms with E-state index in [0.717, 1.165) is 29.9 Å². The molecule has 0 amide bonds. The van der Waals surface area contributed by atoms with Gasteiger partial charge in [0.15, 0.2) is 0 Å². The Labute approximate surface area is 155 Å². The molecule has 1 aliphatic carbocycles. The van der Waals surface area contributed by atoms with Gasteiger partial charge in [0.1, 0.15) is 0 Å². The first-order valence-electron chi connectivity index (χ1n) is 8.92.